The molecule has 9 heteroatoms. The second-order valence-corrected chi connectivity index (χ2v) is 6.90. The van der Waals surface area contributed by atoms with E-state index in [1.807, 2.05) is 0 Å². The maximum Gasteiger partial charge on any atom is 0.411 e. The fraction of sp³-hybridized carbons (Fsp3) is 0.133. The number of halogens is 1. The summed E-state index contributed by atoms with van der Waals surface area (Å²) in [6.45, 7) is 1.94. The minimum atomic E-state index is -0.605. The minimum absolute atomic E-state index is 0.247. The second kappa shape index (κ2) is 8.46. The summed E-state index contributed by atoms with van der Waals surface area (Å²) < 4.78 is 5.58. The van der Waals surface area contributed by atoms with E-state index in [2.05, 4.69) is 32.1 Å². The van der Waals surface area contributed by atoms with Gasteiger partial charge in [0.1, 0.15) is 0 Å². The SMILES string of the molecule is CCOC(=O)Nc1cccc(C(=O)NNC(=O)c2ccc(Br)s2)c1. The van der Waals surface area contributed by atoms with Crippen molar-refractivity contribution in [1.82, 2.24) is 10.9 Å². The first-order valence-electron chi connectivity index (χ1n) is 6.89. The van der Waals surface area contributed by atoms with Crippen LogP contribution in [-0.4, -0.2) is 24.5 Å². The molecule has 0 radical (unpaired) electrons. The Hall–Kier alpha value is -2.39. The lowest BCUT2D eigenvalue weighted by Gasteiger charge is -2.08. The third-order valence-corrected chi connectivity index (χ3v) is 4.36. The molecule has 0 unspecified atom stereocenters. The molecule has 3 amide bonds. The molecule has 0 aliphatic carbocycles. The molecular formula is C15H14BrN3O4S. The average Bonchev–Trinajstić information content (AvgIpc) is 2.99. The Labute approximate surface area is 150 Å². The molecule has 24 heavy (non-hydrogen) atoms. The van der Waals surface area contributed by atoms with Gasteiger partial charge in [-0.25, -0.2) is 4.79 Å². The Morgan fingerprint density at radius 2 is 1.88 bits per heavy atom. The van der Waals surface area contributed by atoms with Crippen LogP contribution in [0.15, 0.2) is 40.2 Å². The van der Waals surface area contributed by atoms with Gasteiger partial charge in [0, 0.05) is 11.3 Å². The van der Waals surface area contributed by atoms with Gasteiger partial charge in [0.25, 0.3) is 11.8 Å². The zero-order chi connectivity index (χ0) is 17.5. The summed E-state index contributed by atoms with van der Waals surface area (Å²) in [4.78, 5) is 35.8. The Morgan fingerprint density at radius 3 is 2.54 bits per heavy atom. The van der Waals surface area contributed by atoms with Crippen molar-refractivity contribution < 1.29 is 19.1 Å². The van der Waals surface area contributed by atoms with Crippen molar-refractivity contribution in [1.29, 1.82) is 0 Å². The van der Waals surface area contributed by atoms with Crippen LogP contribution < -0.4 is 16.2 Å². The Balaban J connectivity index is 1.94. The molecule has 0 bridgehead atoms. The van der Waals surface area contributed by atoms with Gasteiger partial charge in [0.05, 0.1) is 15.3 Å². The first-order valence-corrected chi connectivity index (χ1v) is 8.50. The Bertz CT molecular complexity index is 763. The monoisotopic (exact) mass is 411 g/mol. The first-order chi connectivity index (χ1) is 11.5. The highest BCUT2D eigenvalue weighted by Crippen LogP contribution is 2.21. The maximum absolute atomic E-state index is 12.1. The van der Waals surface area contributed by atoms with Crippen molar-refractivity contribution in [3.8, 4) is 0 Å². The second-order valence-electron chi connectivity index (χ2n) is 4.44. The predicted molar refractivity (Wildman–Crippen MR) is 94.0 cm³/mol. The van der Waals surface area contributed by atoms with Gasteiger partial charge in [-0.05, 0) is 53.2 Å². The molecule has 3 N–H and O–H groups in total. The highest BCUT2D eigenvalue weighted by Gasteiger charge is 2.12. The lowest BCUT2D eigenvalue weighted by molar-refractivity contribution is 0.0849. The summed E-state index contributed by atoms with van der Waals surface area (Å²) in [6.07, 6.45) is -0.605. The fourth-order valence-electron chi connectivity index (χ4n) is 1.71. The van der Waals surface area contributed by atoms with E-state index in [1.165, 1.54) is 17.4 Å². The van der Waals surface area contributed by atoms with E-state index in [1.54, 1.807) is 37.3 Å². The number of hydrogen-bond acceptors (Lipinski definition) is 5. The number of rotatable bonds is 4. The Kier molecular flexibility index (Phi) is 6.33. The number of carbonyl (C=O) groups is 3. The summed E-state index contributed by atoms with van der Waals surface area (Å²) in [6, 6.07) is 9.63. The molecule has 1 heterocycles. The van der Waals surface area contributed by atoms with E-state index in [4.69, 9.17) is 4.74 Å². The smallest absolute Gasteiger partial charge is 0.411 e. The van der Waals surface area contributed by atoms with Crippen molar-refractivity contribution in [3.63, 3.8) is 0 Å². The number of hydrazine groups is 1. The van der Waals surface area contributed by atoms with Gasteiger partial charge in [-0.3, -0.25) is 25.8 Å². The van der Waals surface area contributed by atoms with Crippen LogP contribution in [0.25, 0.3) is 0 Å². The van der Waals surface area contributed by atoms with Crippen molar-refractivity contribution >= 4 is 50.9 Å². The zero-order valence-corrected chi connectivity index (χ0v) is 15.0. The highest BCUT2D eigenvalue weighted by molar-refractivity contribution is 9.11. The molecule has 0 atom stereocenters. The molecule has 0 saturated heterocycles. The third-order valence-electron chi connectivity index (χ3n) is 2.73. The maximum atomic E-state index is 12.1. The number of hydrogen-bond donors (Lipinski definition) is 3. The first kappa shape index (κ1) is 18.0. The molecule has 2 rings (SSSR count). The molecule has 0 fully saturated rings. The number of amides is 3. The van der Waals surface area contributed by atoms with Gasteiger partial charge >= 0.3 is 6.09 Å². The Morgan fingerprint density at radius 1 is 1.12 bits per heavy atom. The zero-order valence-electron chi connectivity index (χ0n) is 12.6. The van der Waals surface area contributed by atoms with E-state index in [-0.39, 0.29) is 12.2 Å². The summed E-state index contributed by atoms with van der Waals surface area (Å²) in [5, 5.41) is 2.50. The van der Waals surface area contributed by atoms with Crippen molar-refractivity contribution in [2.24, 2.45) is 0 Å². The average molecular weight is 412 g/mol. The fourth-order valence-corrected chi connectivity index (χ4v) is 2.99. The van der Waals surface area contributed by atoms with E-state index < -0.39 is 17.9 Å². The van der Waals surface area contributed by atoms with E-state index in [0.717, 1.165) is 3.79 Å². The minimum Gasteiger partial charge on any atom is -0.450 e. The molecule has 1 aromatic heterocycles. The molecule has 0 aliphatic rings. The van der Waals surface area contributed by atoms with Crippen LogP contribution in [0, 0.1) is 0 Å². The predicted octanol–water partition coefficient (Wildman–Crippen LogP) is 3.15. The van der Waals surface area contributed by atoms with Gasteiger partial charge in [-0.15, -0.1) is 11.3 Å². The van der Waals surface area contributed by atoms with Crippen LogP contribution in [0.2, 0.25) is 0 Å². The van der Waals surface area contributed by atoms with Gasteiger partial charge in [0.15, 0.2) is 0 Å². The largest absolute Gasteiger partial charge is 0.450 e. The third kappa shape index (κ3) is 5.07. The number of thiophene rings is 1. The van der Waals surface area contributed by atoms with Gasteiger partial charge in [-0.2, -0.15) is 0 Å². The number of nitrogens with one attached hydrogen (secondary N) is 3. The number of carbonyl (C=O) groups excluding carboxylic acids is 3. The molecule has 7 nitrogen and oxygen atoms in total. The van der Waals surface area contributed by atoms with Gasteiger partial charge < -0.3 is 4.74 Å². The molecule has 0 spiro atoms. The highest BCUT2D eigenvalue weighted by atomic mass is 79.9. The van der Waals surface area contributed by atoms with Crippen molar-refractivity contribution in [2.45, 2.75) is 6.92 Å². The summed E-state index contributed by atoms with van der Waals surface area (Å²) in [5.41, 5.74) is 5.34. The summed E-state index contributed by atoms with van der Waals surface area (Å²) in [7, 11) is 0. The number of ether oxygens (including phenoxy) is 1. The van der Waals surface area contributed by atoms with Crippen LogP contribution in [-0.2, 0) is 4.74 Å². The van der Waals surface area contributed by atoms with E-state index >= 15 is 0 Å². The standard InChI is InChI=1S/C15H14BrN3O4S/c1-2-23-15(22)17-10-5-3-4-9(8-10)13(20)18-19-14(21)11-6-7-12(16)24-11/h3-8H,2H2,1H3,(H,17,22)(H,18,20)(H,19,21). The van der Waals surface area contributed by atoms with Crippen LogP contribution in [0.4, 0.5) is 10.5 Å². The van der Waals surface area contributed by atoms with Gasteiger partial charge in [0.2, 0.25) is 0 Å². The molecule has 126 valence electrons. The number of anilines is 1. The molecule has 2 aromatic rings. The molecule has 0 aliphatic heterocycles. The van der Waals surface area contributed by atoms with Crippen LogP contribution in [0.1, 0.15) is 27.0 Å². The van der Waals surface area contributed by atoms with E-state index in [0.29, 0.717) is 10.6 Å². The normalized spacial score (nSPS) is 9.92. The van der Waals surface area contributed by atoms with Crippen LogP contribution >= 0.6 is 27.3 Å². The van der Waals surface area contributed by atoms with E-state index in [9.17, 15) is 14.4 Å². The van der Waals surface area contributed by atoms with Crippen molar-refractivity contribution in [3.05, 3.63) is 50.6 Å². The lowest BCUT2D eigenvalue weighted by Crippen LogP contribution is -2.41. The molecule has 1 aromatic carbocycles. The molecular weight excluding hydrogens is 398 g/mol. The topological polar surface area (TPSA) is 96.5 Å². The van der Waals surface area contributed by atoms with Crippen LogP contribution in [0.5, 0.6) is 0 Å². The quantitative estimate of drug-likeness (QED) is 0.673. The van der Waals surface area contributed by atoms with Crippen LogP contribution in [0.3, 0.4) is 0 Å². The van der Waals surface area contributed by atoms with Crippen molar-refractivity contribution in [2.75, 3.05) is 11.9 Å². The summed E-state index contributed by atoms with van der Waals surface area (Å²) in [5.74, 6) is -0.925. The lowest BCUT2D eigenvalue weighted by atomic mass is 10.2. The molecule has 0 saturated carbocycles. The van der Waals surface area contributed by atoms with Gasteiger partial charge in [-0.1, -0.05) is 6.07 Å². The summed E-state index contributed by atoms with van der Waals surface area (Å²) >= 11 is 4.51. The number of benzene rings is 1.